The van der Waals surface area contributed by atoms with Crippen LogP contribution < -0.4 is 8.92 Å². The largest absolute Gasteiger partial charge is 0.493 e. The van der Waals surface area contributed by atoms with Gasteiger partial charge in [0.05, 0.1) is 23.3 Å². The summed E-state index contributed by atoms with van der Waals surface area (Å²) in [5.41, 5.74) is 0.728. The average molecular weight is 528 g/mol. The van der Waals surface area contributed by atoms with Gasteiger partial charge in [-0.2, -0.15) is 8.42 Å². The van der Waals surface area contributed by atoms with Gasteiger partial charge in [0.1, 0.15) is 4.90 Å². The second-order valence-corrected chi connectivity index (χ2v) is 10.9. The molecule has 1 heterocycles. The molecule has 0 spiro atoms. The first-order valence-corrected chi connectivity index (χ1v) is 13.4. The summed E-state index contributed by atoms with van der Waals surface area (Å²) >= 11 is 11.9. The van der Waals surface area contributed by atoms with Crippen molar-refractivity contribution in [3.8, 4) is 11.5 Å². The Morgan fingerprint density at radius 2 is 1.85 bits per heavy atom. The number of amides is 1. The molecule has 0 unspecified atom stereocenters. The van der Waals surface area contributed by atoms with E-state index in [2.05, 4.69) is 0 Å². The predicted molar refractivity (Wildman–Crippen MR) is 129 cm³/mol. The SMILES string of the molecule is COc1ccc(CN(C[C@H]2CCCO2)C(=O)C2CCC2)cc1OS(=O)(=O)c1ccc(Cl)c(Cl)c1. The quantitative estimate of drug-likeness (QED) is 0.423. The molecule has 1 amide bonds. The van der Waals surface area contributed by atoms with Gasteiger partial charge < -0.3 is 18.6 Å². The van der Waals surface area contributed by atoms with E-state index in [4.69, 9.17) is 36.9 Å². The van der Waals surface area contributed by atoms with E-state index in [9.17, 15) is 13.2 Å². The van der Waals surface area contributed by atoms with Crippen molar-refractivity contribution in [2.24, 2.45) is 5.92 Å². The van der Waals surface area contributed by atoms with Crippen LogP contribution in [0.5, 0.6) is 11.5 Å². The highest BCUT2D eigenvalue weighted by Crippen LogP contribution is 2.34. The van der Waals surface area contributed by atoms with Gasteiger partial charge in [0.15, 0.2) is 11.5 Å². The molecule has 1 saturated heterocycles. The van der Waals surface area contributed by atoms with Gasteiger partial charge in [0, 0.05) is 25.6 Å². The van der Waals surface area contributed by atoms with Gasteiger partial charge in [-0.05, 0) is 61.6 Å². The third kappa shape index (κ3) is 5.79. The van der Waals surface area contributed by atoms with Crippen LogP contribution in [0.25, 0.3) is 0 Å². The van der Waals surface area contributed by atoms with Crippen LogP contribution in [0, 0.1) is 5.92 Å². The molecule has 1 atom stereocenters. The number of hydrogen-bond donors (Lipinski definition) is 0. The smallest absolute Gasteiger partial charge is 0.339 e. The summed E-state index contributed by atoms with van der Waals surface area (Å²) in [7, 11) is -2.77. The first-order valence-electron chi connectivity index (χ1n) is 11.2. The lowest BCUT2D eigenvalue weighted by molar-refractivity contribution is -0.140. The van der Waals surface area contributed by atoms with Crippen LogP contribution >= 0.6 is 23.2 Å². The first kappa shape index (κ1) is 25.1. The fourth-order valence-corrected chi connectivity index (χ4v) is 5.41. The van der Waals surface area contributed by atoms with Crippen molar-refractivity contribution in [1.82, 2.24) is 4.90 Å². The molecule has 7 nitrogen and oxygen atoms in total. The van der Waals surface area contributed by atoms with Crippen LogP contribution in [0.1, 0.15) is 37.7 Å². The summed E-state index contributed by atoms with van der Waals surface area (Å²) in [6.45, 7) is 1.55. The van der Waals surface area contributed by atoms with Crippen LogP contribution in [0.2, 0.25) is 10.0 Å². The highest BCUT2D eigenvalue weighted by Gasteiger charge is 2.32. The maximum Gasteiger partial charge on any atom is 0.339 e. The summed E-state index contributed by atoms with van der Waals surface area (Å²) in [6, 6.07) is 8.96. The topological polar surface area (TPSA) is 82.1 Å². The molecule has 10 heteroatoms. The Kier molecular flexibility index (Phi) is 7.92. The molecule has 1 aliphatic heterocycles. The molecule has 184 valence electrons. The molecule has 0 radical (unpaired) electrons. The molecule has 34 heavy (non-hydrogen) atoms. The highest BCUT2D eigenvalue weighted by molar-refractivity contribution is 7.87. The molecule has 4 rings (SSSR count). The van der Waals surface area contributed by atoms with E-state index >= 15 is 0 Å². The summed E-state index contributed by atoms with van der Waals surface area (Å²) in [5, 5.41) is 0.342. The van der Waals surface area contributed by atoms with Crippen LogP contribution in [-0.4, -0.2) is 45.6 Å². The van der Waals surface area contributed by atoms with Crippen LogP contribution in [0.4, 0.5) is 0 Å². The Balaban J connectivity index is 1.57. The fraction of sp³-hybridized carbons (Fsp3) is 0.458. The van der Waals surface area contributed by atoms with Crippen molar-refractivity contribution >= 4 is 39.2 Å². The molecule has 0 bridgehead atoms. The zero-order chi connectivity index (χ0) is 24.3. The van der Waals surface area contributed by atoms with E-state index in [-0.39, 0.29) is 44.4 Å². The monoisotopic (exact) mass is 527 g/mol. The molecule has 2 aromatic rings. The normalized spacial score (nSPS) is 18.4. The minimum atomic E-state index is -4.20. The van der Waals surface area contributed by atoms with Crippen molar-refractivity contribution < 1.29 is 26.9 Å². The summed E-state index contributed by atoms with van der Waals surface area (Å²) in [5.74, 6) is 0.441. The maximum absolute atomic E-state index is 13.1. The molecule has 0 aromatic heterocycles. The molecule has 2 fully saturated rings. The summed E-state index contributed by atoms with van der Waals surface area (Å²) in [6.07, 6.45) is 4.81. The van der Waals surface area contributed by atoms with Crippen molar-refractivity contribution in [3.63, 3.8) is 0 Å². The van der Waals surface area contributed by atoms with Crippen molar-refractivity contribution in [2.45, 2.75) is 49.6 Å². The number of methoxy groups -OCH3 is 1. The van der Waals surface area contributed by atoms with Gasteiger partial charge in [-0.3, -0.25) is 4.79 Å². The minimum absolute atomic E-state index is 0.0213. The zero-order valence-corrected chi connectivity index (χ0v) is 21.2. The molecule has 1 saturated carbocycles. The van der Waals surface area contributed by atoms with Crippen LogP contribution in [0.3, 0.4) is 0 Å². The number of halogens is 2. The summed E-state index contributed by atoms with van der Waals surface area (Å²) < 4.78 is 42.2. The van der Waals surface area contributed by atoms with Crippen LogP contribution in [0.15, 0.2) is 41.3 Å². The third-order valence-electron chi connectivity index (χ3n) is 6.19. The van der Waals surface area contributed by atoms with Gasteiger partial charge >= 0.3 is 10.1 Å². The van der Waals surface area contributed by atoms with Crippen LogP contribution in [-0.2, 0) is 26.2 Å². The maximum atomic E-state index is 13.1. The Morgan fingerprint density at radius 1 is 1.06 bits per heavy atom. The minimum Gasteiger partial charge on any atom is -0.493 e. The number of benzene rings is 2. The van der Waals surface area contributed by atoms with Crippen molar-refractivity contribution in [2.75, 3.05) is 20.3 Å². The van der Waals surface area contributed by atoms with Gasteiger partial charge in [-0.15, -0.1) is 0 Å². The second-order valence-electron chi connectivity index (χ2n) is 8.58. The van der Waals surface area contributed by atoms with E-state index in [1.807, 2.05) is 4.90 Å². The number of carbonyl (C=O) groups is 1. The van der Waals surface area contributed by atoms with Gasteiger partial charge in [0.2, 0.25) is 5.91 Å². The predicted octanol–water partition coefficient (Wildman–Crippen LogP) is 5.08. The van der Waals surface area contributed by atoms with Crippen molar-refractivity contribution in [3.05, 3.63) is 52.0 Å². The fourth-order valence-electron chi connectivity index (χ4n) is 4.08. The van der Waals surface area contributed by atoms with Gasteiger partial charge in [0.25, 0.3) is 0 Å². The number of nitrogens with zero attached hydrogens (tertiary/aromatic N) is 1. The average Bonchev–Trinajstić information content (AvgIpc) is 3.27. The van der Waals surface area contributed by atoms with E-state index in [1.165, 1.54) is 25.3 Å². The Hall–Kier alpha value is -2.00. The molecule has 2 aliphatic rings. The number of rotatable bonds is 9. The number of ether oxygens (including phenoxy) is 2. The molecular weight excluding hydrogens is 501 g/mol. The summed E-state index contributed by atoms with van der Waals surface area (Å²) in [4.78, 5) is 14.8. The van der Waals surface area contributed by atoms with E-state index in [1.54, 1.807) is 18.2 Å². The molecule has 1 aliphatic carbocycles. The van der Waals surface area contributed by atoms with E-state index < -0.39 is 10.1 Å². The molecular formula is C24H27Cl2NO6S. The van der Waals surface area contributed by atoms with E-state index in [0.29, 0.717) is 19.7 Å². The van der Waals surface area contributed by atoms with E-state index in [0.717, 1.165) is 37.7 Å². The Labute approximate surface area is 210 Å². The number of hydrogen-bond acceptors (Lipinski definition) is 6. The number of carbonyl (C=O) groups excluding carboxylic acids is 1. The standard InChI is InChI=1S/C24H27Cl2NO6S/c1-31-22-10-7-16(12-23(22)33-34(29,30)19-8-9-20(25)21(26)13-19)14-27(15-18-6-3-11-32-18)24(28)17-4-2-5-17/h7-10,12-13,17-18H,2-6,11,14-15H2,1H3/t18-/m1/s1. The first-order chi connectivity index (χ1) is 16.3. The lowest BCUT2D eigenvalue weighted by atomic mass is 9.84. The van der Waals surface area contributed by atoms with Gasteiger partial charge in [-0.1, -0.05) is 35.7 Å². The second kappa shape index (κ2) is 10.7. The zero-order valence-electron chi connectivity index (χ0n) is 18.8. The molecule has 2 aromatic carbocycles. The van der Waals surface area contributed by atoms with Gasteiger partial charge in [-0.25, -0.2) is 0 Å². The third-order valence-corrected chi connectivity index (χ3v) is 8.16. The lowest BCUT2D eigenvalue weighted by Crippen LogP contribution is -2.42. The Morgan fingerprint density at radius 3 is 2.47 bits per heavy atom. The Bertz CT molecular complexity index is 1150. The van der Waals surface area contributed by atoms with Crippen molar-refractivity contribution in [1.29, 1.82) is 0 Å². The lowest BCUT2D eigenvalue weighted by Gasteiger charge is -2.33. The molecule has 0 N–H and O–H groups in total. The highest BCUT2D eigenvalue weighted by atomic mass is 35.5.